The molecule has 140 valence electrons. The number of para-hydroxylation sites is 1. The Bertz CT molecular complexity index is 809. The Morgan fingerprint density at radius 2 is 1.78 bits per heavy atom. The first kappa shape index (κ1) is 19.2. The molecule has 0 bridgehead atoms. The molecule has 1 N–H and O–H groups in total. The Morgan fingerprint density at radius 3 is 2.44 bits per heavy atom. The number of anilines is 1. The Hall–Kier alpha value is -2.60. The average Bonchev–Trinajstić information content (AvgIpc) is 2.96. The summed E-state index contributed by atoms with van der Waals surface area (Å²) < 4.78 is 0. The van der Waals surface area contributed by atoms with E-state index >= 15 is 0 Å². The smallest absolute Gasteiger partial charge is 0.247 e. The fourth-order valence-electron chi connectivity index (χ4n) is 2.90. The molecule has 1 aliphatic heterocycles. The van der Waals surface area contributed by atoms with Crippen molar-refractivity contribution >= 4 is 34.4 Å². The fourth-order valence-corrected chi connectivity index (χ4v) is 3.99. The zero-order chi connectivity index (χ0) is 19.1. The Kier molecular flexibility index (Phi) is 6.65. The van der Waals surface area contributed by atoms with Gasteiger partial charge >= 0.3 is 0 Å². The lowest BCUT2D eigenvalue weighted by Crippen LogP contribution is -2.32. The molecule has 1 atom stereocenters. The monoisotopic (exact) mass is 381 g/mol. The summed E-state index contributed by atoms with van der Waals surface area (Å²) >= 11 is 1.35. The molecule has 0 aromatic heterocycles. The van der Waals surface area contributed by atoms with Gasteiger partial charge in [0.1, 0.15) is 5.25 Å². The summed E-state index contributed by atoms with van der Waals surface area (Å²) in [6.45, 7) is 3.34. The van der Waals surface area contributed by atoms with Crippen LogP contribution in [0.15, 0.2) is 65.7 Å². The van der Waals surface area contributed by atoms with E-state index in [0.717, 1.165) is 11.6 Å². The SMILES string of the molecule is CCNC(=NCCc1ccccc1)SC1CC(=O)N(c2ccccc2)C1=O. The number of amides is 2. The molecule has 3 rings (SSSR count). The number of carbonyl (C=O) groups excluding carboxylic acids is 2. The van der Waals surface area contributed by atoms with E-state index in [0.29, 0.717) is 18.8 Å². The van der Waals surface area contributed by atoms with Crippen molar-refractivity contribution in [2.24, 2.45) is 4.99 Å². The largest absolute Gasteiger partial charge is 0.365 e. The van der Waals surface area contributed by atoms with Gasteiger partial charge in [-0.1, -0.05) is 60.3 Å². The number of amidine groups is 1. The van der Waals surface area contributed by atoms with E-state index in [2.05, 4.69) is 22.4 Å². The minimum atomic E-state index is -0.438. The molecule has 1 saturated heterocycles. The van der Waals surface area contributed by atoms with Crippen LogP contribution < -0.4 is 10.2 Å². The Morgan fingerprint density at radius 1 is 1.11 bits per heavy atom. The quantitative estimate of drug-likeness (QED) is 0.474. The molecular weight excluding hydrogens is 358 g/mol. The summed E-state index contributed by atoms with van der Waals surface area (Å²) in [6.07, 6.45) is 1.03. The van der Waals surface area contributed by atoms with Crippen molar-refractivity contribution in [3.05, 3.63) is 66.2 Å². The van der Waals surface area contributed by atoms with Gasteiger partial charge in [0, 0.05) is 19.5 Å². The number of nitrogens with zero attached hydrogens (tertiary/aromatic N) is 2. The molecule has 5 nitrogen and oxygen atoms in total. The number of rotatable bonds is 6. The molecule has 0 radical (unpaired) electrons. The van der Waals surface area contributed by atoms with Gasteiger partial charge in [-0.25, -0.2) is 4.90 Å². The maximum atomic E-state index is 12.8. The molecule has 2 amide bonds. The molecule has 0 spiro atoms. The number of benzene rings is 2. The van der Waals surface area contributed by atoms with Gasteiger partial charge < -0.3 is 5.32 Å². The lowest BCUT2D eigenvalue weighted by Gasteiger charge is -2.15. The molecule has 6 heteroatoms. The lowest BCUT2D eigenvalue weighted by molar-refractivity contribution is -0.121. The third-order valence-electron chi connectivity index (χ3n) is 4.20. The van der Waals surface area contributed by atoms with E-state index in [-0.39, 0.29) is 18.2 Å². The second kappa shape index (κ2) is 9.37. The maximum absolute atomic E-state index is 12.8. The Balaban J connectivity index is 1.65. The van der Waals surface area contributed by atoms with E-state index in [1.807, 2.05) is 43.3 Å². The molecule has 2 aromatic rings. The topological polar surface area (TPSA) is 61.8 Å². The van der Waals surface area contributed by atoms with Crippen LogP contribution in [0.1, 0.15) is 18.9 Å². The number of hydrogen-bond acceptors (Lipinski definition) is 4. The van der Waals surface area contributed by atoms with E-state index in [4.69, 9.17) is 0 Å². The van der Waals surface area contributed by atoms with Gasteiger partial charge in [0.25, 0.3) is 0 Å². The number of hydrogen-bond donors (Lipinski definition) is 1. The summed E-state index contributed by atoms with van der Waals surface area (Å²) in [5.74, 6) is -0.339. The normalized spacial score (nSPS) is 17.4. The van der Waals surface area contributed by atoms with E-state index < -0.39 is 5.25 Å². The van der Waals surface area contributed by atoms with Gasteiger partial charge in [0.15, 0.2) is 5.17 Å². The van der Waals surface area contributed by atoms with Crippen LogP contribution in [0.4, 0.5) is 5.69 Å². The first-order chi connectivity index (χ1) is 13.2. The predicted octanol–water partition coefficient (Wildman–Crippen LogP) is 3.26. The summed E-state index contributed by atoms with van der Waals surface area (Å²) in [4.78, 5) is 31.0. The minimum Gasteiger partial charge on any atom is -0.365 e. The summed E-state index contributed by atoms with van der Waals surface area (Å²) in [5, 5.41) is 3.50. The highest BCUT2D eigenvalue weighted by Gasteiger charge is 2.40. The number of thioether (sulfide) groups is 1. The van der Waals surface area contributed by atoms with Crippen molar-refractivity contribution < 1.29 is 9.59 Å². The predicted molar refractivity (Wildman–Crippen MR) is 111 cm³/mol. The molecule has 1 heterocycles. The lowest BCUT2D eigenvalue weighted by atomic mass is 10.2. The first-order valence-electron chi connectivity index (χ1n) is 9.09. The van der Waals surface area contributed by atoms with Gasteiger partial charge in [-0.3, -0.25) is 14.6 Å². The van der Waals surface area contributed by atoms with Crippen LogP contribution in [0, 0.1) is 0 Å². The third kappa shape index (κ3) is 4.98. The van der Waals surface area contributed by atoms with Crippen LogP contribution in [0.2, 0.25) is 0 Å². The van der Waals surface area contributed by atoms with Crippen molar-refractivity contribution in [1.82, 2.24) is 5.32 Å². The van der Waals surface area contributed by atoms with Crippen molar-refractivity contribution in [1.29, 1.82) is 0 Å². The van der Waals surface area contributed by atoms with Crippen LogP contribution >= 0.6 is 11.8 Å². The maximum Gasteiger partial charge on any atom is 0.247 e. The molecule has 2 aromatic carbocycles. The van der Waals surface area contributed by atoms with Crippen LogP contribution in [0.25, 0.3) is 0 Å². The Labute approximate surface area is 163 Å². The van der Waals surface area contributed by atoms with Crippen molar-refractivity contribution in [3.8, 4) is 0 Å². The number of aliphatic imine (C=N–C) groups is 1. The molecular formula is C21H23N3O2S. The molecule has 0 aliphatic carbocycles. The third-order valence-corrected chi connectivity index (χ3v) is 5.35. The van der Waals surface area contributed by atoms with Crippen LogP contribution in [0.5, 0.6) is 0 Å². The van der Waals surface area contributed by atoms with Crippen LogP contribution in [-0.2, 0) is 16.0 Å². The second-order valence-corrected chi connectivity index (χ2v) is 7.36. The highest BCUT2D eigenvalue weighted by atomic mass is 32.2. The highest BCUT2D eigenvalue weighted by Crippen LogP contribution is 2.29. The zero-order valence-electron chi connectivity index (χ0n) is 15.3. The summed E-state index contributed by atoms with van der Waals surface area (Å²) in [5.41, 5.74) is 1.85. The van der Waals surface area contributed by atoms with Crippen molar-refractivity contribution in [2.45, 2.75) is 25.0 Å². The number of nitrogens with one attached hydrogen (secondary N) is 1. The highest BCUT2D eigenvalue weighted by molar-refractivity contribution is 8.15. The minimum absolute atomic E-state index is 0.163. The van der Waals surface area contributed by atoms with E-state index in [1.54, 1.807) is 12.1 Å². The van der Waals surface area contributed by atoms with Crippen molar-refractivity contribution in [3.63, 3.8) is 0 Å². The van der Waals surface area contributed by atoms with Crippen molar-refractivity contribution in [2.75, 3.05) is 18.0 Å². The number of carbonyl (C=O) groups is 2. The van der Waals surface area contributed by atoms with Gasteiger partial charge in [-0.05, 0) is 31.0 Å². The first-order valence-corrected chi connectivity index (χ1v) is 9.97. The van der Waals surface area contributed by atoms with Gasteiger partial charge in [0.05, 0.1) is 5.69 Å². The molecule has 1 fully saturated rings. The number of imide groups is 1. The van der Waals surface area contributed by atoms with Crippen LogP contribution in [0.3, 0.4) is 0 Å². The fraction of sp³-hybridized carbons (Fsp3) is 0.286. The molecule has 27 heavy (non-hydrogen) atoms. The van der Waals surface area contributed by atoms with Gasteiger partial charge in [-0.2, -0.15) is 0 Å². The van der Waals surface area contributed by atoms with Gasteiger partial charge in [0.2, 0.25) is 11.8 Å². The van der Waals surface area contributed by atoms with E-state index in [9.17, 15) is 9.59 Å². The molecule has 1 unspecified atom stereocenters. The average molecular weight is 382 g/mol. The van der Waals surface area contributed by atoms with Gasteiger partial charge in [-0.15, -0.1) is 0 Å². The zero-order valence-corrected chi connectivity index (χ0v) is 16.1. The van der Waals surface area contributed by atoms with Crippen LogP contribution in [-0.4, -0.2) is 35.3 Å². The van der Waals surface area contributed by atoms with E-state index in [1.165, 1.54) is 22.2 Å². The summed E-state index contributed by atoms with van der Waals surface area (Å²) in [7, 11) is 0. The second-order valence-electron chi connectivity index (χ2n) is 6.17. The summed E-state index contributed by atoms with van der Waals surface area (Å²) in [6, 6.07) is 19.2. The molecule has 1 aliphatic rings. The standard InChI is InChI=1S/C21H23N3O2S/c1-2-22-21(23-14-13-16-9-5-3-6-10-16)27-18-15-19(25)24(20(18)26)17-11-7-4-8-12-17/h3-12,18H,2,13-15H2,1H3,(H,22,23). The molecule has 0 saturated carbocycles.